The van der Waals surface area contributed by atoms with Crippen molar-refractivity contribution in [2.45, 2.75) is 0 Å². The lowest BCUT2D eigenvalue weighted by molar-refractivity contribution is 0.102. The second kappa shape index (κ2) is 7.35. The fourth-order valence-electron chi connectivity index (χ4n) is 2.79. The van der Waals surface area contributed by atoms with E-state index >= 15 is 0 Å². The van der Waals surface area contributed by atoms with E-state index in [2.05, 4.69) is 15.3 Å². The van der Waals surface area contributed by atoms with E-state index in [-0.39, 0.29) is 5.91 Å². The number of hydrogen-bond donors (Lipinski definition) is 1. The first-order chi connectivity index (χ1) is 13.1. The fraction of sp³-hybridized carbons (Fsp3) is 0. The predicted octanol–water partition coefficient (Wildman–Crippen LogP) is 5.86. The minimum absolute atomic E-state index is 0.256. The molecular weight excluding hydrogens is 381 g/mol. The summed E-state index contributed by atoms with van der Waals surface area (Å²) >= 11 is 12.2. The third kappa shape index (κ3) is 3.63. The zero-order chi connectivity index (χ0) is 18.8. The van der Waals surface area contributed by atoms with Crippen molar-refractivity contribution in [3.8, 4) is 11.3 Å². The van der Waals surface area contributed by atoms with Gasteiger partial charge in [-0.05, 0) is 36.4 Å². The molecule has 0 aliphatic rings. The van der Waals surface area contributed by atoms with Crippen molar-refractivity contribution in [3.63, 3.8) is 0 Å². The van der Waals surface area contributed by atoms with Crippen LogP contribution in [0.4, 0.5) is 5.82 Å². The Balaban J connectivity index is 1.83. The number of para-hydroxylation sites is 1. The van der Waals surface area contributed by atoms with Gasteiger partial charge in [0.05, 0.1) is 26.8 Å². The Hall–Kier alpha value is -2.95. The summed E-state index contributed by atoms with van der Waals surface area (Å²) in [5.41, 5.74) is 2.64. The van der Waals surface area contributed by atoms with Gasteiger partial charge in [-0.3, -0.25) is 4.79 Å². The highest BCUT2D eigenvalue weighted by molar-refractivity contribution is 6.42. The maximum atomic E-state index is 12.9. The van der Waals surface area contributed by atoms with E-state index in [0.717, 1.165) is 10.9 Å². The molecule has 4 aromatic rings. The van der Waals surface area contributed by atoms with Crippen LogP contribution in [0.5, 0.6) is 0 Å². The van der Waals surface area contributed by atoms with Gasteiger partial charge in [0.15, 0.2) is 0 Å². The van der Waals surface area contributed by atoms with Crippen molar-refractivity contribution >= 4 is 45.8 Å². The second-order valence-electron chi connectivity index (χ2n) is 5.87. The van der Waals surface area contributed by atoms with Gasteiger partial charge in [-0.1, -0.05) is 53.5 Å². The highest BCUT2D eigenvalue weighted by Crippen LogP contribution is 2.30. The number of halogens is 2. The Morgan fingerprint density at radius 1 is 0.889 bits per heavy atom. The van der Waals surface area contributed by atoms with Crippen LogP contribution in [0.3, 0.4) is 0 Å². The molecule has 1 amide bonds. The average Bonchev–Trinajstić information content (AvgIpc) is 2.70. The van der Waals surface area contributed by atoms with Gasteiger partial charge < -0.3 is 5.32 Å². The van der Waals surface area contributed by atoms with Gasteiger partial charge in [-0.15, -0.1) is 0 Å². The maximum Gasteiger partial charge on any atom is 0.257 e. The number of nitrogens with zero attached hydrogens (tertiary/aromatic N) is 2. The molecule has 1 N–H and O–H groups in total. The number of anilines is 1. The second-order valence-corrected chi connectivity index (χ2v) is 6.68. The SMILES string of the molecule is O=C(Nc1ccccn1)c1cc(-c2ccc(Cl)c(Cl)c2)nc2ccccc12. The molecule has 0 bridgehead atoms. The molecule has 0 radical (unpaired) electrons. The molecule has 2 aromatic carbocycles. The van der Waals surface area contributed by atoms with E-state index in [1.54, 1.807) is 36.5 Å². The van der Waals surface area contributed by atoms with E-state index in [1.165, 1.54) is 0 Å². The first-order valence-corrected chi connectivity index (χ1v) is 8.95. The quantitative estimate of drug-likeness (QED) is 0.474. The van der Waals surface area contributed by atoms with E-state index in [0.29, 0.717) is 32.6 Å². The number of benzene rings is 2. The van der Waals surface area contributed by atoms with Crippen molar-refractivity contribution in [1.82, 2.24) is 9.97 Å². The summed E-state index contributed by atoms with van der Waals surface area (Å²) in [6.45, 7) is 0. The molecule has 4 nitrogen and oxygen atoms in total. The number of pyridine rings is 2. The van der Waals surface area contributed by atoms with Gasteiger partial charge in [0.25, 0.3) is 5.91 Å². The summed E-state index contributed by atoms with van der Waals surface area (Å²) in [5.74, 6) is 0.230. The molecule has 27 heavy (non-hydrogen) atoms. The molecule has 0 saturated heterocycles. The van der Waals surface area contributed by atoms with Crippen LogP contribution in [-0.2, 0) is 0 Å². The number of carbonyl (C=O) groups excluding carboxylic acids is 1. The van der Waals surface area contributed by atoms with Crippen LogP contribution >= 0.6 is 23.2 Å². The molecule has 0 aliphatic heterocycles. The Labute approximate surface area is 165 Å². The fourth-order valence-corrected chi connectivity index (χ4v) is 3.09. The summed E-state index contributed by atoms with van der Waals surface area (Å²) < 4.78 is 0. The molecule has 0 spiro atoms. The normalized spacial score (nSPS) is 10.7. The highest BCUT2D eigenvalue weighted by atomic mass is 35.5. The minimum Gasteiger partial charge on any atom is -0.307 e. The van der Waals surface area contributed by atoms with Crippen molar-refractivity contribution in [1.29, 1.82) is 0 Å². The third-order valence-corrected chi connectivity index (χ3v) is 4.82. The van der Waals surface area contributed by atoms with Crippen molar-refractivity contribution in [2.24, 2.45) is 0 Å². The molecule has 0 atom stereocenters. The van der Waals surface area contributed by atoms with Crippen LogP contribution in [0.25, 0.3) is 22.2 Å². The predicted molar refractivity (Wildman–Crippen MR) is 109 cm³/mol. The Kier molecular flexibility index (Phi) is 4.75. The first kappa shape index (κ1) is 17.5. The standard InChI is InChI=1S/C21H13Cl2N3O/c22-16-9-8-13(11-17(16)23)19-12-15(14-5-1-2-6-18(14)25-19)21(27)26-20-7-3-4-10-24-20/h1-12H,(H,24,26,27). The maximum absolute atomic E-state index is 12.9. The number of fused-ring (bicyclic) bond motifs is 1. The smallest absolute Gasteiger partial charge is 0.257 e. The monoisotopic (exact) mass is 393 g/mol. The molecule has 6 heteroatoms. The average molecular weight is 394 g/mol. The molecule has 0 fully saturated rings. The summed E-state index contributed by atoms with van der Waals surface area (Å²) in [6, 6.07) is 19.9. The van der Waals surface area contributed by atoms with Gasteiger partial charge in [0.2, 0.25) is 0 Å². The number of amides is 1. The highest BCUT2D eigenvalue weighted by Gasteiger charge is 2.15. The first-order valence-electron chi connectivity index (χ1n) is 8.19. The number of carbonyl (C=O) groups is 1. The molecular formula is C21H13Cl2N3O. The molecule has 0 saturated carbocycles. The van der Waals surface area contributed by atoms with Gasteiger partial charge in [0.1, 0.15) is 5.82 Å². The summed E-state index contributed by atoms with van der Waals surface area (Å²) in [6.07, 6.45) is 1.63. The largest absolute Gasteiger partial charge is 0.307 e. The van der Waals surface area contributed by atoms with Crippen molar-refractivity contribution < 1.29 is 4.79 Å². The lowest BCUT2D eigenvalue weighted by atomic mass is 10.0. The number of aromatic nitrogens is 2. The summed E-state index contributed by atoms with van der Waals surface area (Å²) in [4.78, 5) is 21.7. The van der Waals surface area contributed by atoms with Gasteiger partial charge >= 0.3 is 0 Å². The van der Waals surface area contributed by atoms with Crippen LogP contribution in [0.2, 0.25) is 10.0 Å². The molecule has 2 aromatic heterocycles. The molecule has 0 aliphatic carbocycles. The van der Waals surface area contributed by atoms with Crippen LogP contribution in [0.15, 0.2) is 72.9 Å². The zero-order valence-corrected chi connectivity index (χ0v) is 15.5. The van der Waals surface area contributed by atoms with Crippen LogP contribution < -0.4 is 5.32 Å². The molecule has 0 unspecified atom stereocenters. The number of hydrogen-bond acceptors (Lipinski definition) is 3. The lowest BCUT2D eigenvalue weighted by Crippen LogP contribution is -2.14. The molecule has 132 valence electrons. The Bertz CT molecular complexity index is 1150. The Morgan fingerprint density at radius 2 is 1.70 bits per heavy atom. The summed E-state index contributed by atoms with van der Waals surface area (Å²) in [7, 11) is 0. The van der Waals surface area contributed by atoms with E-state index < -0.39 is 0 Å². The zero-order valence-electron chi connectivity index (χ0n) is 14.0. The molecule has 4 rings (SSSR count). The van der Waals surface area contributed by atoms with Gasteiger partial charge in [-0.2, -0.15) is 0 Å². The van der Waals surface area contributed by atoms with Crippen molar-refractivity contribution in [2.75, 3.05) is 5.32 Å². The topological polar surface area (TPSA) is 54.9 Å². The number of nitrogens with one attached hydrogen (secondary N) is 1. The number of rotatable bonds is 3. The van der Waals surface area contributed by atoms with Gasteiger partial charge in [-0.25, -0.2) is 9.97 Å². The summed E-state index contributed by atoms with van der Waals surface area (Å²) in [5, 5.41) is 4.48. The van der Waals surface area contributed by atoms with Crippen LogP contribution in [0.1, 0.15) is 10.4 Å². The van der Waals surface area contributed by atoms with Crippen molar-refractivity contribution in [3.05, 3.63) is 88.5 Å². The van der Waals surface area contributed by atoms with E-state index in [9.17, 15) is 4.79 Å². The Morgan fingerprint density at radius 3 is 2.48 bits per heavy atom. The molecule has 2 heterocycles. The van der Waals surface area contributed by atoms with Gasteiger partial charge in [0, 0.05) is 17.1 Å². The lowest BCUT2D eigenvalue weighted by Gasteiger charge is -2.11. The van der Waals surface area contributed by atoms with Crippen LogP contribution in [-0.4, -0.2) is 15.9 Å². The van der Waals surface area contributed by atoms with E-state index in [4.69, 9.17) is 23.2 Å². The van der Waals surface area contributed by atoms with Crippen LogP contribution in [0, 0.1) is 0 Å². The third-order valence-electron chi connectivity index (χ3n) is 4.08. The minimum atomic E-state index is -0.256. The van der Waals surface area contributed by atoms with E-state index in [1.807, 2.05) is 36.4 Å².